The molecule has 2 saturated carbocycles. The Hall–Kier alpha value is -2.09. The van der Waals surface area contributed by atoms with Crippen LogP contribution in [0.2, 0.25) is 0 Å². The molecular weight excluding hydrogens is 354 g/mol. The second-order valence-corrected chi connectivity index (χ2v) is 8.37. The van der Waals surface area contributed by atoms with Crippen LogP contribution < -0.4 is 16.0 Å². The van der Waals surface area contributed by atoms with Gasteiger partial charge < -0.3 is 20.9 Å². The number of hydrogen-bond acceptors (Lipinski definition) is 4. The van der Waals surface area contributed by atoms with Crippen molar-refractivity contribution in [2.24, 2.45) is 18.0 Å². The lowest BCUT2D eigenvalue weighted by Crippen LogP contribution is -2.48. The third kappa shape index (κ3) is 5.70. The van der Waals surface area contributed by atoms with E-state index in [0.717, 1.165) is 51.0 Å². The molecule has 3 rings (SSSR count). The third-order valence-electron chi connectivity index (χ3n) is 5.73. The van der Waals surface area contributed by atoms with Gasteiger partial charge in [0.15, 0.2) is 5.96 Å². The number of hydrogen-bond donors (Lipinski definition) is 3. The summed E-state index contributed by atoms with van der Waals surface area (Å²) in [4.78, 5) is 19.0. The van der Waals surface area contributed by atoms with Gasteiger partial charge in [-0.25, -0.2) is 0 Å². The smallest absolute Gasteiger partial charge is 0.223 e. The highest BCUT2D eigenvalue weighted by molar-refractivity contribution is 5.81. The second kappa shape index (κ2) is 9.41. The van der Waals surface area contributed by atoms with Crippen molar-refractivity contribution in [2.45, 2.75) is 56.7 Å². The molecule has 1 amide bonds. The molecule has 2 aliphatic rings. The molecule has 1 aromatic rings. The van der Waals surface area contributed by atoms with E-state index in [1.165, 1.54) is 5.56 Å². The Labute approximate surface area is 168 Å². The van der Waals surface area contributed by atoms with Gasteiger partial charge in [0.1, 0.15) is 0 Å². The summed E-state index contributed by atoms with van der Waals surface area (Å²) in [6.45, 7) is 0.733. The molecule has 28 heavy (non-hydrogen) atoms. The topological polar surface area (TPSA) is 86.6 Å². The predicted molar refractivity (Wildman–Crippen MR) is 111 cm³/mol. The first-order valence-corrected chi connectivity index (χ1v) is 10.4. The summed E-state index contributed by atoms with van der Waals surface area (Å²) in [7, 11) is 7.87. The highest BCUT2D eigenvalue weighted by Crippen LogP contribution is 2.26. The predicted octanol–water partition coefficient (Wildman–Crippen LogP) is 1.03. The average molecular weight is 390 g/mol. The maximum atomic E-state index is 12.4. The minimum absolute atomic E-state index is 0.120. The first-order chi connectivity index (χ1) is 13.5. The molecule has 0 aromatic carbocycles. The van der Waals surface area contributed by atoms with Gasteiger partial charge in [0.25, 0.3) is 0 Å². The Morgan fingerprint density at radius 3 is 2.68 bits per heavy atom. The minimum atomic E-state index is 0.120. The Kier molecular flexibility index (Phi) is 6.93. The molecule has 3 N–H and O–H groups in total. The number of carbonyl (C=O) groups excluding carboxylic acids is 1. The van der Waals surface area contributed by atoms with E-state index in [0.29, 0.717) is 6.04 Å². The van der Waals surface area contributed by atoms with E-state index in [-0.39, 0.29) is 23.9 Å². The van der Waals surface area contributed by atoms with Gasteiger partial charge in [-0.3, -0.25) is 14.5 Å². The molecule has 1 heterocycles. The van der Waals surface area contributed by atoms with E-state index in [9.17, 15) is 4.79 Å². The van der Waals surface area contributed by atoms with E-state index in [1.807, 2.05) is 24.1 Å². The normalized spacial score (nSPS) is 24.1. The molecule has 8 heteroatoms. The van der Waals surface area contributed by atoms with Crippen LogP contribution in [0.3, 0.4) is 0 Å². The quantitative estimate of drug-likeness (QED) is 0.479. The fourth-order valence-corrected chi connectivity index (χ4v) is 3.90. The summed E-state index contributed by atoms with van der Waals surface area (Å²) in [5.74, 6) is 1.15. The lowest BCUT2D eigenvalue weighted by molar-refractivity contribution is -0.126. The zero-order valence-corrected chi connectivity index (χ0v) is 17.6. The first kappa shape index (κ1) is 20.6. The van der Waals surface area contributed by atoms with Crippen molar-refractivity contribution in [3.8, 4) is 0 Å². The number of carbonyl (C=O) groups is 1. The molecule has 0 saturated heterocycles. The average Bonchev–Trinajstić information content (AvgIpc) is 3.39. The summed E-state index contributed by atoms with van der Waals surface area (Å²) >= 11 is 0. The zero-order valence-electron chi connectivity index (χ0n) is 17.6. The van der Waals surface area contributed by atoms with Gasteiger partial charge in [0.2, 0.25) is 5.91 Å². The maximum Gasteiger partial charge on any atom is 0.223 e. The van der Waals surface area contributed by atoms with Gasteiger partial charge >= 0.3 is 0 Å². The molecule has 2 fully saturated rings. The van der Waals surface area contributed by atoms with Gasteiger partial charge in [0, 0.05) is 50.4 Å². The number of guanidine groups is 1. The molecule has 0 aliphatic heterocycles. The molecule has 156 valence electrons. The van der Waals surface area contributed by atoms with Gasteiger partial charge in [-0.1, -0.05) is 6.42 Å². The number of amides is 1. The summed E-state index contributed by atoms with van der Waals surface area (Å²) in [6.07, 6.45) is 10.3. The summed E-state index contributed by atoms with van der Waals surface area (Å²) in [6, 6.07) is 0.924. The second-order valence-electron chi connectivity index (χ2n) is 8.37. The molecule has 3 atom stereocenters. The van der Waals surface area contributed by atoms with Gasteiger partial charge in [-0.15, -0.1) is 0 Å². The van der Waals surface area contributed by atoms with Crippen molar-refractivity contribution in [1.29, 1.82) is 0 Å². The van der Waals surface area contributed by atoms with E-state index in [1.54, 1.807) is 7.05 Å². The van der Waals surface area contributed by atoms with Gasteiger partial charge in [-0.05, 0) is 46.2 Å². The number of nitrogens with zero attached hydrogens (tertiary/aromatic N) is 4. The van der Waals surface area contributed by atoms with Crippen LogP contribution in [0.4, 0.5) is 0 Å². The van der Waals surface area contributed by atoms with Crippen LogP contribution in [0.25, 0.3) is 0 Å². The van der Waals surface area contributed by atoms with Crippen LogP contribution in [0, 0.1) is 5.92 Å². The number of aromatic nitrogens is 2. The van der Waals surface area contributed by atoms with Crippen molar-refractivity contribution in [1.82, 2.24) is 30.6 Å². The summed E-state index contributed by atoms with van der Waals surface area (Å²) in [5, 5.41) is 14.4. The van der Waals surface area contributed by atoms with Crippen molar-refractivity contribution in [3.05, 3.63) is 18.0 Å². The fraction of sp³-hybridized carbons (Fsp3) is 0.750. The lowest BCUT2D eigenvalue weighted by Gasteiger charge is -2.31. The van der Waals surface area contributed by atoms with E-state index >= 15 is 0 Å². The molecule has 0 bridgehead atoms. The molecule has 2 aliphatic carbocycles. The standard InChI is InChI=1S/C20H35N7O/c1-21-20(22-12-18(26(2)3)15-11-23-27(4)13-15)25-17-7-5-6-14(10-17)19(28)24-16-8-9-16/h11,13-14,16-18H,5-10,12H2,1-4H3,(H,24,28)(H2,21,22,25). The molecule has 0 radical (unpaired) electrons. The summed E-state index contributed by atoms with van der Waals surface area (Å²) in [5.41, 5.74) is 1.17. The van der Waals surface area contributed by atoms with Crippen molar-refractivity contribution in [2.75, 3.05) is 27.7 Å². The van der Waals surface area contributed by atoms with Gasteiger partial charge in [0.05, 0.1) is 12.2 Å². The van der Waals surface area contributed by atoms with Crippen molar-refractivity contribution < 1.29 is 4.79 Å². The number of aryl methyl sites for hydroxylation is 1. The highest BCUT2D eigenvalue weighted by atomic mass is 16.2. The fourth-order valence-electron chi connectivity index (χ4n) is 3.90. The van der Waals surface area contributed by atoms with Crippen LogP contribution in [0.1, 0.15) is 50.1 Å². The molecule has 8 nitrogen and oxygen atoms in total. The van der Waals surface area contributed by atoms with Crippen LogP contribution in [-0.4, -0.2) is 66.3 Å². The number of likely N-dealkylation sites (N-methyl/N-ethyl adjacent to an activating group) is 1. The largest absolute Gasteiger partial charge is 0.354 e. The van der Waals surface area contributed by atoms with Crippen molar-refractivity contribution >= 4 is 11.9 Å². The molecule has 0 spiro atoms. The Bertz CT molecular complexity index is 680. The number of nitrogens with one attached hydrogen (secondary N) is 3. The van der Waals surface area contributed by atoms with E-state index in [2.05, 4.69) is 45.0 Å². The first-order valence-electron chi connectivity index (χ1n) is 10.4. The Balaban J connectivity index is 1.51. The Morgan fingerprint density at radius 2 is 2.07 bits per heavy atom. The molecular formula is C20H35N7O. The maximum absolute atomic E-state index is 12.4. The monoisotopic (exact) mass is 389 g/mol. The Morgan fingerprint density at radius 1 is 1.29 bits per heavy atom. The van der Waals surface area contributed by atoms with E-state index < -0.39 is 0 Å². The SMILES string of the molecule is CN=C(NCC(c1cnn(C)c1)N(C)C)NC1CCCC(C(=O)NC2CC2)C1. The van der Waals surface area contributed by atoms with Crippen molar-refractivity contribution in [3.63, 3.8) is 0 Å². The highest BCUT2D eigenvalue weighted by Gasteiger charge is 2.31. The van der Waals surface area contributed by atoms with Crippen LogP contribution in [0.15, 0.2) is 17.4 Å². The number of rotatable bonds is 7. The van der Waals surface area contributed by atoms with E-state index in [4.69, 9.17) is 0 Å². The van der Waals surface area contributed by atoms with Crippen LogP contribution in [0.5, 0.6) is 0 Å². The molecule has 3 unspecified atom stereocenters. The lowest BCUT2D eigenvalue weighted by atomic mass is 9.85. The molecule has 1 aromatic heterocycles. The van der Waals surface area contributed by atoms with Gasteiger partial charge in [-0.2, -0.15) is 5.10 Å². The number of aliphatic imine (C=N–C) groups is 1. The summed E-state index contributed by atoms with van der Waals surface area (Å²) < 4.78 is 1.83. The zero-order chi connectivity index (χ0) is 20.1. The third-order valence-corrected chi connectivity index (χ3v) is 5.73. The van der Waals surface area contributed by atoms with Crippen LogP contribution >= 0.6 is 0 Å². The van der Waals surface area contributed by atoms with Crippen LogP contribution in [-0.2, 0) is 11.8 Å². The minimum Gasteiger partial charge on any atom is -0.354 e.